The first-order valence-electron chi connectivity index (χ1n) is 8.23. The Bertz CT molecular complexity index is 918. The zero-order valence-electron chi connectivity index (χ0n) is 13.8. The Kier molecular flexibility index (Phi) is 3.90. The van der Waals surface area contributed by atoms with Gasteiger partial charge in [-0.2, -0.15) is 0 Å². The highest BCUT2D eigenvalue weighted by molar-refractivity contribution is 6.60. The fraction of sp³-hybridized carbons (Fsp3) is 0.158. The normalized spacial score (nSPS) is 16.5. The smallest absolute Gasteiger partial charge is 0.479 e. The molecule has 0 atom stereocenters. The number of benzene rings is 2. The van der Waals surface area contributed by atoms with Gasteiger partial charge < -0.3 is 19.7 Å². The molecule has 0 saturated carbocycles. The number of fused-ring (bicyclic) bond motifs is 1. The SMILES string of the molecule is O=Cc1cc(C(=O)N2CC3(C=Cc4ccccc4O3)C2)ccc1B(O)O. The molecule has 26 heavy (non-hydrogen) atoms. The van der Waals surface area contributed by atoms with Crippen molar-refractivity contribution in [1.82, 2.24) is 4.90 Å². The lowest BCUT2D eigenvalue weighted by atomic mass is 9.76. The number of nitrogens with zero attached hydrogens (tertiary/aromatic N) is 1. The highest BCUT2D eigenvalue weighted by Gasteiger charge is 2.47. The summed E-state index contributed by atoms with van der Waals surface area (Å²) in [5.74, 6) is 0.570. The topological polar surface area (TPSA) is 87.1 Å². The second-order valence-corrected chi connectivity index (χ2v) is 6.53. The molecule has 1 amide bonds. The van der Waals surface area contributed by atoms with Crippen molar-refractivity contribution in [2.24, 2.45) is 0 Å². The van der Waals surface area contributed by atoms with E-state index < -0.39 is 12.7 Å². The Morgan fingerprint density at radius 3 is 2.69 bits per heavy atom. The summed E-state index contributed by atoms with van der Waals surface area (Å²) in [6.07, 6.45) is 4.48. The molecule has 0 radical (unpaired) electrons. The van der Waals surface area contributed by atoms with Gasteiger partial charge in [-0.05, 0) is 29.7 Å². The van der Waals surface area contributed by atoms with E-state index in [-0.39, 0.29) is 16.9 Å². The predicted molar refractivity (Wildman–Crippen MR) is 96.4 cm³/mol. The first kappa shape index (κ1) is 16.6. The van der Waals surface area contributed by atoms with Crippen LogP contribution in [-0.2, 0) is 0 Å². The van der Waals surface area contributed by atoms with Crippen LogP contribution >= 0.6 is 0 Å². The highest BCUT2D eigenvalue weighted by atomic mass is 16.5. The average Bonchev–Trinajstić information content (AvgIpc) is 2.64. The van der Waals surface area contributed by atoms with Gasteiger partial charge in [0, 0.05) is 16.7 Å². The first-order chi connectivity index (χ1) is 12.5. The largest absolute Gasteiger partial charge is 0.489 e. The summed E-state index contributed by atoms with van der Waals surface area (Å²) in [5.41, 5.74) is 0.984. The van der Waals surface area contributed by atoms with Crippen molar-refractivity contribution in [1.29, 1.82) is 0 Å². The molecule has 0 aromatic heterocycles. The summed E-state index contributed by atoms with van der Waals surface area (Å²) in [6.45, 7) is 0.828. The molecule has 1 fully saturated rings. The molecule has 2 heterocycles. The number of likely N-dealkylation sites (tertiary alicyclic amines) is 1. The van der Waals surface area contributed by atoms with E-state index in [1.807, 2.05) is 36.4 Å². The van der Waals surface area contributed by atoms with Crippen LogP contribution in [0.3, 0.4) is 0 Å². The van der Waals surface area contributed by atoms with E-state index in [0.29, 0.717) is 24.9 Å². The monoisotopic (exact) mass is 349 g/mol. The summed E-state index contributed by atoms with van der Waals surface area (Å²) in [6, 6.07) is 12.0. The molecule has 0 aliphatic carbocycles. The summed E-state index contributed by atoms with van der Waals surface area (Å²) in [4.78, 5) is 25.4. The molecule has 7 heteroatoms. The molecule has 1 spiro atoms. The molecular weight excluding hydrogens is 333 g/mol. The van der Waals surface area contributed by atoms with Crippen molar-refractivity contribution >= 4 is 30.9 Å². The molecule has 2 aromatic rings. The maximum atomic E-state index is 12.7. The molecule has 2 aliphatic heterocycles. The van der Waals surface area contributed by atoms with E-state index in [1.54, 1.807) is 4.90 Å². The molecule has 130 valence electrons. The van der Waals surface area contributed by atoms with Gasteiger partial charge in [-0.15, -0.1) is 0 Å². The number of hydrogen-bond acceptors (Lipinski definition) is 5. The van der Waals surface area contributed by atoms with E-state index in [0.717, 1.165) is 11.3 Å². The summed E-state index contributed by atoms with van der Waals surface area (Å²) >= 11 is 0. The van der Waals surface area contributed by atoms with E-state index in [1.165, 1.54) is 18.2 Å². The van der Waals surface area contributed by atoms with Gasteiger partial charge in [-0.3, -0.25) is 9.59 Å². The third-order valence-electron chi connectivity index (χ3n) is 4.74. The second kappa shape index (κ2) is 6.12. The van der Waals surface area contributed by atoms with Gasteiger partial charge in [0.25, 0.3) is 5.91 Å². The summed E-state index contributed by atoms with van der Waals surface area (Å²) in [5, 5.41) is 18.5. The molecule has 6 nitrogen and oxygen atoms in total. The van der Waals surface area contributed by atoms with E-state index >= 15 is 0 Å². The first-order valence-corrected chi connectivity index (χ1v) is 8.23. The fourth-order valence-electron chi connectivity index (χ4n) is 3.35. The number of aldehydes is 1. The molecule has 2 aromatic carbocycles. The Hall–Kier alpha value is -2.90. The lowest BCUT2D eigenvalue weighted by Gasteiger charge is -2.49. The van der Waals surface area contributed by atoms with E-state index in [2.05, 4.69) is 0 Å². The van der Waals surface area contributed by atoms with Crippen molar-refractivity contribution in [3.05, 3.63) is 65.2 Å². The van der Waals surface area contributed by atoms with Gasteiger partial charge in [-0.25, -0.2) is 0 Å². The van der Waals surface area contributed by atoms with E-state index in [4.69, 9.17) is 4.74 Å². The zero-order chi connectivity index (χ0) is 18.3. The maximum absolute atomic E-state index is 12.7. The second-order valence-electron chi connectivity index (χ2n) is 6.53. The average molecular weight is 349 g/mol. The van der Waals surface area contributed by atoms with Crippen molar-refractivity contribution in [2.45, 2.75) is 5.60 Å². The lowest BCUT2D eigenvalue weighted by molar-refractivity contribution is -0.0292. The Balaban J connectivity index is 1.50. The molecule has 0 unspecified atom stereocenters. The molecule has 2 aliphatic rings. The molecular formula is C19H16BNO5. The lowest BCUT2D eigenvalue weighted by Crippen LogP contribution is -2.65. The number of amides is 1. The van der Waals surface area contributed by atoms with Crippen LogP contribution in [0.4, 0.5) is 0 Å². The third-order valence-corrected chi connectivity index (χ3v) is 4.74. The number of para-hydroxylation sites is 1. The molecule has 0 bridgehead atoms. The molecule has 1 saturated heterocycles. The fourth-order valence-corrected chi connectivity index (χ4v) is 3.35. The number of ether oxygens (including phenoxy) is 1. The van der Waals surface area contributed by atoms with Crippen molar-refractivity contribution in [3.8, 4) is 5.75 Å². The summed E-state index contributed by atoms with van der Waals surface area (Å²) in [7, 11) is -1.76. The standard InChI is InChI=1S/C19H16BNO5/c22-10-15-9-14(5-6-16(15)20(24)25)18(23)21-11-19(12-21)8-7-13-3-1-2-4-17(13)26-19/h1-10,24-25H,11-12H2. The minimum atomic E-state index is -1.76. The van der Waals surface area contributed by atoms with Crippen LogP contribution in [0.2, 0.25) is 0 Å². The van der Waals surface area contributed by atoms with Gasteiger partial charge in [0.15, 0.2) is 5.60 Å². The zero-order valence-corrected chi connectivity index (χ0v) is 13.8. The van der Waals surface area contributed by atoms with Crippen LogP contribution < -0.4 is 10.2 Å². The minimum Gasteiger partial charge on any atom is -0.479 e. The maximum Gasteiger partial charge on any atom is 0.489 e. The number of rotatable bonds is 3. The van der Waals surface area contributed by atoms with Gasteiger partial charge >= 0.3 is 7.12 Å². The van der Waals surface area contributed by atoms with Gasteiger partial charge in [-0.1, -0.05) is 30.3 Å². The number of carbonyl (C=O) groups is 2. The van der Waals surface area contributed by atoms with E-state index in [9.17, 15) is 19.6 Å². The summed E-state index contributed by atoms with van der Waals surface area (Å²) < 4.78 is 6.06. The minimum absolute atomic E-state index is 0.0757. The van der Waals surface area contributed by atoms with Crippen LogP contribution in [0.5, 0.6) is 5.75 Å². The van der Waals surface area contributed by atoms with Gasteiger partial charge in [0.1, 0.15) is 12.0 Å². The van der Waals surface area contributed by atoms with Crippen molar-refractivity contribution in [2.75, 3.05) is 13.1 Å². The predicted octanol–water partition coefficient (Wildman–Crippen LogP) is 0.479. The number of hydrogen-bond donors (Lipinski definition) is 2. The van der Waals surface area contributed by atoms with Crippen LogP contribution in [0.15, 0.2) is 48.5 Å². The van der Waals surface area contributed by atoms with Gasteiger partial charge in [0.2, 0.25) is 0 Å². The Morgan fingerprint density at radius 2 is 1.96 bits per heavy atom. The van der Waals surface area contributed by atoms with Gasteiger partial charge in [0.05, 0.1) is 13.1 Å². The van der Waals surface area contributed by atoms with Crippen molar-refractivity contribution in [3.63, 3.8) is 0 Å². The molecule has 4 rings (SSSR count). The van der Waals surface area contributed by atoms with Crippen LogP contribution in [-0.4, -0.2) is 53.0 Å². The van der Waals surface area contributed by atoms with Crippen LogP contribution in [0.25, 0.3) is 6.08 Å². The van der Waals surface area contributed by atoms with Crippen molar-refractivity contribution < 1.29 is 24.4 Å². The highest BCUT2D eigenvalue weighted by Crippen LogP contribution is 2.36. The van der Waals surface area contributed by atoms with Crippen LogP contribution in [0.1, 0.15) is 26.3 Å². The third kappa shape index (κ3) is 2.71. The number of carbonyl (C=O) groups excluding carboxylic acids is 2. The Morgan fingerprint density at radius 1 is 1.19 bits per heavy atom. The quantitative estimate of drug-likeness (QED) is 0.622. The Labute approximate surface area is 150 Å². The molecule has 2 N–H and O–H groups in total. The van der Waals surface area contributed by atoms with Crippen LogP contribution in [0, 0.1) is 0 Å².